The van der Waals surface area contributed by atoms with Crippen LogP contribution in [0.4, 0.5) is 0 Å². The molecule has 3 rings (SSSR count). The highest BCUT2D eigenvalue weighted by Gasteiger charge is 2.29. The van der Waals surface area contributed by atoms with Crippen LogP contribution in [-0.4, -0.2) is 36.4 Å². The highest BCUT2D eigenvalue weighted by molar-refractivity contribution is 7.91. The first-order chi connectivity index (χ1) is 10.4. The molecule has 1 atom stereocenters. The SMILES string of the molecule is Cc1c(CC(=O)NC2CCS(=O)(=O)C2)c2ccccc2n1C. The van der Waals surface area contributed by atoms with Crippen molar-refractivity contribution >= 4 is 26.6 Å². The monoisotopic (exact) mass is 320 g/mol. The summed E-state index contributed by atoms with van der Waals surface area (Å²) in [6, 6.07) is 7.76. The second-order valence-electron chi connectivity index (χ2n) is 5.98. The second-order valence-corrected chi connectivity index (χ2v) is 8.21. The van der Waals surface area contributed by atoms with E-state index < -0.39 is 9.84 Å². The van der Waals surface area contributed by atoms with Crippen LogP contribution in [-0.2, 0) is 28.1 Å². The summed E-state index contributed by atoms with van der Waals surface area (Å²) < 4.78 is 25.0. The minimum absolute atomic E-state index is 0.0628. The van der Waals surface area contributed by atoms with E-state index >= 15 is 0 Å². The molecule has 2 heterocycles. The van der Waals surface area contributed by atoms with Gasteiger partial charge < -0.3 is 9.88 Å². The standard InChI is InChI=1S/C16H20N2O3S/c1-11-14(13-5-3-4-6-15(13)18(11)2)9-16(19)17-12-7-8-22(20,21)10-12/h3-6,12H,7-10H2,1-2H3,(H,17,19). The molecule has 1 N–H and O–H groups in total. The van der Waals surface area contributed by atoms with Crippen molar-refractivity contribution in [3.8, 4) is 0 Å². The minimum atomic E-state index is -2.97. The minimum Gasteiger partial charge on any atom is -0.352 e. The maximum atomic E-state index is 12.3. The number of aryl methyl sites for hydroxylation is 1. The van der Waals surface area contributed by atoms with E-state index in [0.29, 0.717) is 6.42 Å². The van der Waals surface area contributed by atoms with E-state index in [4.69, 9.17) is 0 Å². The molecule has 22 heavy (non-hydrogen) atoms. The molecule has 1 saturated heterocycles. The summed E-state index contributed by atoms with van der Waals surface area (Å²) in [6.07, 6.45) is 0.798. The zero-order valence-corrected chi connectivity index (χ0v) is 13.6. The summed E-state index contributed by atoms with van der Waals surface area (Å²) in [7, 11) is -0.983. The highest BCUT2D eigenvalue weighted by atomic mass is 32.2. The van der Waals surface area contributed by atoms with E-state index in [1.807, 2.05) is 38.2 Å². The lowest BCUT2D eigenvalue weighted by Gasteiger charge is -2.11. The number of aromatic nitrogens is 1. The van der Waals surface area contributed by atoms with Crippen LogP contribution in [0.2, 0.25) is 0 Å². The Morgan fingerprint density at radius 1 is 1.36 bits per heavy atom. The third-order valence-electron chi connectivity index (χ3n) is 4.47. The summed E-state index contributed by atoms with van der Waals surface area (Å²) in [5.74, 6) is 0.125. The summed E-state index contributed by atoms with van der Waals surface area (Å²) in [6.45, 7) is 2.00. The van der Waals surface area contributed by atoms with E-state index in [1.165, 1.54) is 0 Å². The van der Waals surface area contributed by atoms with Gasteiger partial charge in [-0.3, -0.25) is 4.79 Å². The van der Waals surface area contributed by atoms with Crippen LogP contribution in [0.25, 0.3) is 10.9 Å². The Morgan fingerprint density at radius 2 is 2.09 bits per heavy atom. The molecule has 0 saturated carbocycles. The Morgan fingerprint density at radius 3 is 2.77 bits per heavy atom. The summed E-state index contributed by atoms with van der Waals surface area (Å²) in [5, 5.41) is 3.94. The second kappa shape index (κ2) is 5.43. The third kappa shape index (κ3) is 2.75. The highest BCUT2D eigenvalue weighted by Crippen LogP contribution is 2.25. The predicted octanol–water partition coefficient (Wildman–Crippen LogP) is 1.33. The number of hydrogen-bond acceptors (Lipinski definition) is 3. The van der Waals surface area contributed by atoms with Crippen molar-refractivity contribution in [1.29, 1.82) is 0 Å². The van der Waals surface area contributed by atoms with E-state index in [9.17, 15) is 13.2 Å². The Bertz CT molecular complexity index is 836. The molecule has 0 bridgehead atoms. The van der Waals surface area contributed by atoms with Crippen LogP contribution in [0.3, 0.4) is 0 Å². The van der Waals surface area contributed by atoms with Gasteiger partial charge in [0.2, 0.25) is 5.91 Å². The van der Waals surface area contributed by atoms with Gasteiger partial charge >= 0.3 is 0 Å². The van der Waals surface area contributed by atoms with E-state index in [-0.39, 0.29) is 29.9 Å². The number of benzene rings is 1. The van der Waals surface area contributed by atoms with Gasteiger partial charge in [-0.1, -0.05) is 18.2 Å². The number of carbonyl (C=O) groups excluding carboxylic acids is 1. The first-order valence-corrected chi connectivity index (χ1v) is 9.22. The Balaban J connectivity index is 1.79. The molecule has 6 heteroatoms. The average Bonchev–Trinajstić information content (AvgIpc) is 2.92. The number of carbonyl (C=O) groups is 1. The molecule has 2 aromatic rings. The zero-order valence-electron chi connectivity index (χ0n) is 12.8. The molecule has 1 aromatic heterocycles. The molecule has 1 aliphatic heterocycles. The quantitative estimate of drug-likeness (QED) is 0.928. The lowest BCUT2D eigenvalue weighted by Crippen LogP contribution is -2.36. The molecule has 5 nitrogen and oxygen atoms in total. The molecule has 0 aliphatic carbocycles. The fraction of sp³-hybridized carbons (Fsp3) is 0.438. The number of nitrogens with one attached hydrogen (secondary N) is 1. The first-order valence-electron chi connectivity index (χ1n) is 7.40. The molecule has 0 radical (unpaired) electrons. The molecule has 1 fully saturated rings. The van der Waals surface area contributed by atoms with Crippen molar-refractivity contribution in [3.63, 3.8) is 0 Å². The van der Waals surface area contributed by atoms with Crippen LogP contribution in [0.1, 0.15) is 17.7 Å². The van der Waals surface area contributed by atoms with Crippen molar-refractivity contribution in [3.05, 3.63) is 35.5 Å². The normalized spacial score (nSPS) is 20.4. The van der Waals surface area contributed by atoms with Crippen LogP contribution in [0, 0.1) is 6.92 Å². The summed E-state index contributed by atoms with van der Waals surface area (Å²) in [4.78, 5) is 12.3. The van der Waals surface area contributed by atoms with Gasteiger partial charge in [-0.15, -0.1) is 0 Å². The van der Waals surface area contributed by atoms with Gasteiger partial charge in [0.05, 0.1) is 17.9 Å². The fourth-order valence-corrected chi connectivity index (χ4v) is 4.84. The fourth-order valence-electron chi connectivity index (χ4n) is 3.17. The predicted molar refractivity (Wildman–Crippen MR) is 86.6 cm³/mol. The molecule has 1 aliphatic rings. The number of nitrogens with zero attached hydrogens (tertiary/aromatic N) is 1. The molecule has 1 aromatic carbocycles. The van der Waals surface area contributed by atoms with Gasteiger partial charge in [-0.05, 0) is 25.0 Å². The first kappa shape index (κ1) is 15.1. The van der Waals surface area contributed by atoms with Crippen molar-refractivity contribution < 1.29 is 13.2 Å². The van der Waals surface area contributed by atoms with E-state index in [2.05, 4.69) is 9.88 Å². The number of sulfone groups is 1. The number of hydrogen-bond donors (Lipinski definition) is 1. The van der Waals surface area contributed by atoms with E-state index in [0.717, 1.165) is 22.2 Å². The Labute approximate surface area is 130 Å². The van der Waals surface area contributed by atoms with Gasteiger partial charge in [0.25, 0.3) is 0 Å². The summed E-state index contributed by atoms with van der Waals surface area (Å²) >= 11 is 0. The molecule has 1 amide bonds. The van der Waals surface area contributed by atoms with Crippen LogP contribution < -0.4 is 5.32 Å². The van der Waals surface area contributed by atoms with Crippen molar-refractivity contribution in [2.24, 2.45) is 7.05 Å². The van der Waals surface area contributed by atoms with Crippen LogP contribution >= 0.6 is 0 Å². The average molecular weight is 320 g/mol. The number of rotatable bonds is 3. The largest absolute Gasteiger partial charge is 0.352 e. The van der Waals surface area contributed by atoms with Gasteiger partial charge in [-0.25, -0.2) is 8.42 Å². The Kier molecular flexibility index (Phi) is 3.72. The molecular weight excluding hydrogens is 300 g/mol. The topological polar surface area (TPSA) is 68.2 Å². The molecule has 0 spiro atoms. The van der Waals surface area contributed by atoms with Gasteiger partial charge in [0.1, 0.15) is 0 Å². The number of fused-ring (bicyclic) bond motifs is 1. The zero-order chi connectivity index (χ0) is 15.9. The lowest BCUT2D eigenvalue weighted by molar-refractivity contribution is -0.120. The maximum Gasteiger partial charge on any atom is 0.224 e. The van der Waals surface area contributed by atoms with Crippen molar-refractivity contribution in [2.75, 3.05) is 11.5 Å². The van der Waals surface area contributed by atoms with Crippen LogP contribution in [0.5, 0.6) is 0 Å². The molecule has 118 valence electrons. The van der Waals surface area contributed by atoms with Crippen LogP contribution in [0.15, 0.2) is 24.3 Å². The lowest BCUT2D eigenvalue weighted by atomic mass is 10.1. The smallest absolute Gasteiger partial charge is 0.224 e. The maximum absolute atomic E-state index is 12.3. The summed E-state index contributed by atoms with van der Waals surface area (Å²) in [5.41, 5.74) is 3.18. The molecular formula is C16H20N2O3S. The van der Waals surface area contributed by atoms with Gasteiger partial charge in [-0.2, -0.15) is 0 Å². The Hall–Kier alpha value is -1.82. The van der Waals surface area contributed by atoms with Gasteiger partial charge in [0, 0.05) is 29.7 Å². The van der Waals surface area contributed by atoms with Gasteiger partial charge in [0.15, 0.2) is 9.84 Å². The van der Waals surface area contributed by atoms with Crippen molar-refractivity contribution in [1.82, 2.24) is 9.88 Å². The molecule has 1 unspecified atom stereocenters. The number of para-hydroxylation sites is 1. The van der Waals surface area contributed by atoms with Crippen molar-refractivity contribution in [2.45, 2.75) is 25.8 Å². The number of amides is 1. The third-order valence-corrected chi connectivity index (χ3v) is 6.23. The van der Waals surface area contributed by atoms with E-state index in [1.54, 1.807) is 0 Å².